The number of hydrogen-bond acceptors (Lipinski definition) is 5. The van der Waals surface area contributed by atoms with Crippen LogP contribution in [0.2, 0.25) is 0 Å². The van der Waals surface area contributed by atoms with Gasteiger partial charge in [-0.2, -0.15) is 0 Å². The molecule has 0 atom stereocenters. The van der Waals surface area contributed by atoms with Gasteiger partial charge in [0.05, 0.1) is 15.4 Å². The van der Waals surface area contributed by atoms with Crippen LogP contribution in [0.4, 0.5) is 11.4 Å². The summed E-state index contributed by atoms with van der Waals surface area (Å²) in [4.78, 5) is 32.4. The van der Waals surface area contributed by atoms with E-state index in [-0.39, 0.29) is 16.9 Å². The number of carbonyl (C=O) groups is 1. The van der Waals surface area contributed by atoms with Crippen molar-refractivity contribution in [1.29, 1.82) is 0 Å². The molecule has 22 heavy (non-hydrogen) atoms. The number of para-hydroxylation sites is 1. The molecule has 0 unspecified atom stereocenters. The van der Waals surface area contributed by atoms with Gasteiger partial charge >= 0.3 is 0 Å². The van der Waals surface area contributed by atoms with E-state index in [4.69, 9.17) is 0 Å². The van der Waals surface area contributed by atoms with E-state index in [1.807, 2.05) is 0 Å². The summed E-state index contributed by atoms with van der Waals surface area (Å²) in [5.74, 6) is -0.543. The number of hydrogen-bond donors (Lipinski definition) is 0. The minimum Gasteiger partial charge on any atom is -0.289 e. The minimum atomic E-state index is -0.631. The summed E-state index contributed by atoms with van der Waals surface area (Å²) in [7, 11) is 0. The molecule has 0 radical (unpaired) electrons. The second-order valence-corrected chi connectivity index (χ2v) is 4.32. The quantitative estimate of drug-likeness (QED) is 0.364. The van der Waals surface area contributed by atoms with Gasteiger partial charge < -0.3 is 0 Å². The van der Waals surface area contributed by atoms with Crippen LogP contribution < -0.4 is 0 Å². The monoisotopic (exact) mass is 298 g/mol. The summed E-state index contributed by atoms with van der Waals surface area (Å²) in [5.41, 5.74) is 0.0480. The van der Waals surface area contributed by atoms with Crippen molar-refractivity contribution in [3.05, 3.63) is 86.0 Å². The number of allylic oxidation sites excluding steroid dienone is 1. The normalized spacial score (nSPS) is 10.5. The molecule has 7 nitrogen and oxygen atoms in total. The summed E-state index contributed by atoms with van der Waals surface area (Å²) in [6.45, 7) is 0. The summed E-state index contributed by atoms with van der Waals surface area (Å²) < 4.78 is 0. The van der Waals surface area contributed by atoms with Gasteiger partial charge in [-0.25, -0.2) is 0 Å². The Hall–Kier alpha value is -3.35. The maximum atomic E-state index is 12.0. The summed E-state index contributed by atoms with van der Waals surface area (Å²) >= 11 is 0. The van der Waals surface area contributed by atoms with E-state index in [0.717, 1.165) is 6.08 Å². The molecule has 0 N–H and O–H groups in total. The van der Waals surface area contributed by atoms with Crippen molar-refractivity contribution < 1.29 is 14.6 Å². The molecule has 0 aliphatic rings. The third-order valence-corrected chi connectivity index (χ3v) is 2.87. The second kappa shape index (κ2) is 6.40. The maximum Gasteiger partial charge on any atom is 0.280 e. The van der Waals surface area contributed by atoms with Crippen molar-refractivity contribution in [3.63, 3.8) is 0 Å². The zero-order valence-electron chi connectivity index (χ0n) is 11.2. The van der Waals surface area contributed by atoms with E-state index in [2.05, 4.69) is 0 Å². The highest BCUT2D eigenvalue weighted by atomic mass is 16.6. The van der Waals surface area contributed by atoms with Crippen LogP contribution in [0, 0.1) is 20.2 Å². The Morgan fingerprint density at radius 2 is 1.68 bits per heavy atom. The minimum absolute atomic E-state index is 0.0332. The van der Waals surface area contributed by atoms with Gasteiger partial charge in [0.2, 0.25) is 0 Å². The Morgan fingerprint density at radius 1 is 0.955 bits per heavy atom. The topological polar surface area (TPSA) is 103 Å². The number of nitro groups is 2. The van der Waals surface area contributed by atoms with Crippen molar-refractivity contribution in [2.45, 2.75) is 0 Å². The first kappa shape index (κ1) is 15.0. The van der Waals surface area contributed by atoms with Crippen molar-refractivity contribution in [2.24, 2.45) is 0 Å². The van der Waals surface area contributed by atoms with Gasteiger partial charge in [-0.15, -0.1) is 0 Å². The van der Waals surface area contributed by atoms with E-state index in [9.17, 15) is 25.0 Å². The Morgan fingerprint density at radius 3 is 2.36 bits per heavy atom. The van der Waals surface area contributed by atoms with Crippen LogP contribution >= 0.6 is 0 Å². The number of nitro benzene ring substituents is 2. The Balaban J connectivity index is 2.27. The molecule has 0 bridgehead atoms. The number of non-ortho nitro benzene ring substituents is 1. The lowest BCUT2D eigenvalue weighted by molar-refractivity contribution is -0.385. The van der Waals surface area contributed by atoms with Crippen LogP contribution in [-0.2, 0) is 0 Å². The summed E-state index contributed by atoms with van der Waals surface area (Å²) in [6, 6.07) is 11.3. The largest absolute Gasteiger partial charge is 0.289 e. The zero-order chi connectivity index (χ0) is 16.1. The van der Waals surface area contributed by atoms with Crippen molar-refractivity contribution in [2.75, 3.05) is 0 Å². The third-order valence-electron chi connectivity index (χ3n) is 2.87. The van der Waals surface area contributed by atoms with E-state index in [1.165, 1.54) is 48.5 Å². The predicted octanol–water partition coefficient (Wildman–Crippen LogP) is 3.40. The standard InChI is InChI=1S/C15H10N2O5/c18-15(13-6-1-2-7-14(13)17(21)22)9-8-11-4-3-5-12(10-11)16(19)20/h1-10H/b9-8+. The van der Waals surface area contributed by atoms with Gasteiger partial charge in [0, 0.05) is 18.2 Å². The highest BCUT2D eigenvalue weighted by molar-refractivity contribution is 6.09. The third kappa shape index (κ3) is 3.40. The SMILES string of the molecule is O=C(/C=C/c1cccc([N+](=O)[O-])c1)c1ccccc1[N+](=O)[O-]. The molecule has 7 heteroatoms. The van der Waals surface area contributed by atoms with E-state index in [0.29, 0.717) is 5.56 Å². The smallest absolute Gasteiger partial charge is 0.280 e. The average molecular weight is 298 g/mol. The number of ketones is 1. The highest BCUT2D eigenvalue weighted by Gasteiger charge is 2.16. The molecule has 2 aromatic rings. The first-order chi connectivity index (χ1) is 10.5. The van der Waals surface area contributed by atoms with Gasteiger partial charge in [-0.1, -0.05) is 30.3 Å². The lowest BCUT2D eigenvalue weighted by Gasteiger charge is -1.98. The van der Waals surface area contributed by atoms with Crippen LogP contribution in [0.3, 0.4) is 0 Å². The number of carbonyl (C=O) groups excluding carboxylic acids is 1. The molecule has 0 aliphatic heterocycles. The fourth-order valence-corrected chi connectivity index (χ4v) is 1.84. The van der Waals surface area contributed by atoms with Crippen molar-refractivity contribution in [1.82, 2.24) is 0 Å². The van der Waals surface area contributed by atoms with Crippen LogP contribution in [0.15, 0.2) is 54.6 Å². The lowest BCUT2D eigenvalue weighted by atomic mass is 10.1. The van der Waals surface area contributed by atoms with Crippen LogP contribution in [-0.4, -0.2) is 15.6 Å². The van der Waals surface area contributed by atoms with Crippen molar-refractivity contribution in [3.8, 4) is 0 Å². The van der Waals surface area contributed by atoms with Gasteiger partial charge in [0.15, 0.2) is 5.78 Å². The molecular formula is C15H10N2O5. The first-order valence-electron chi connectivity index (χ1n) is 6.19. The molecule has 2 aromatic carbocycles. The molecule has 0 spiro atoms. The number of nitrogens with zero attached hydrogens (tertiary/aromatic N) is 2. The van der Waals surface area contributed by atoms with Gasteiger partial charge in [0.25, 0.3) is 11.4 Å². The summed E-state index contributed by atoms with van der Waals surface area (Å²) in [6.07, 6.45) is 2.54. The molecular weight excluding hydrogens is 288 g/mol. The van der Waals surface area contributed by atoms with Gasteiger partial charge in [0.1, 0.15) is 0 Å². The Kier molecular flexibility index (Phi) is 4.38. The molecule has 0 amide bonds. The van der Waals surface area contributed by atoms with E-state index >= 15 is 0 Å². The maximum absolute atomic E-state index is 12.0. The van der Waals surface area contributed by atoms with Crippen molar-refractivity contribution >= 4 is 23.2 Å². The zero-order valence-corrected chi connectivity index (χ0v) is 11.2. The highest BCUT2D eigenvalue weighted by Crippen LogP contribution is 2.19. The Bertz CT molecular complexity index is 783. The second-order valence-electron chi connectivity index (χ2n) is 4.32. The van der Waals surface area contributed by atoms with E-state index in [1.54, 1.807) is 6.07 Å². The molecule has 0 fully saturated rings. The Labute approximate surface area is 124 Å². The number of rotatable bonds is 5. The molecule has 0 aromatic heterocycles. The molecule has 0 aliphatic carbocycles. The molecule has 0 saturated carbocycles. The summed E-state index contributed by atoms with van der Waals surface area (Å²) in [5, 5.41) is 21.5. The molecule has 2 rings (SSSR count). The van der Waals surface area contributed by atoms with Crippen LogP contribution in [0.5, 0.6) is 0 Å². The van der Waals surface area contributed by atoms with Crippen LogP contribution in [0.1, 0.15) is 15.9 Å². The molecule has 110 valence electrons. The fourth-order valence-electron chi connectivity index (χ4n) is 1.84. The first-order valence-corrected chi connectivity index (χ1v) is 6.19. The fraction of sp³-hybridized carbons (Fsp3) is 0. The average Bonchev–Trinajstić information content (AvgIpc) is 2.52. The van der Waals surface area contributed by atoms with Crippen LogP contribution in [0.25, 0.3) is 6.08 Å². The lowest BCUT2D eigenvalue weighted by Crippen LogP contribution is -2.00. The predicted molar refractivity (Wildman–Crippen MR) is 79.6 cm³/mol. The van der Waals surface area contributed by atoms with Gasteiger partial charge in [-0.05, 0) is 17.7 Å². The molecule has 0 saturated heterocycles. The van der Waals surface area contributed by atoms with E-state index < -0.39 is 15.6 Å². The number of benzene rings is 2. The van der Waals surface area contributed by atoms with Gasteiger partial charge in [-0.3, -0.25) is 25.0 Å². The molecule has 0 heterocycles.